The summed E-state index contributed by atoms with van der Waals surface area (Å²) in [6, 6.07) is 7.90. The van der Waals surface area contributed by atoms with Gasteiger partial charge in [0.05, 0.1) is 6.42 Å². The summed E-state index contributed by atoms with van der Waals surface area (Å²) in [5, 5.41) is 9.88. The Morgan fingerprint density at radius 3 is 3.00 bits per heavy atom. The third-order valence-corrected chi connectivity index (χ3v) is 3.23. The molecule has 2 nitrogen and oxygen atoms in total. The van der Waals surface area contributed by atoms with Crippen LogP contribution in [0.3, 0.4) is 0 Å². The van der Waals surface area contributed by atoms with Crippen molar-refractivity contribution in [1.29, 1.82) is 0 Å². The van der Waals surface area contributed by atoms with Crippen LogP contribution in [0.4, 0.5) is 0 Å². The van der Waals surface area contributed by atoms with E-state index in [0.717, 1.165) is 15.6 Å². The van der Waals surface area contributed by atoms with Crippen LogP contribution in [-0.2, 0) is 11.2 Å². The van der Waals surface area contributed by atoms with E-state index in [-0.39, 0.29) is 6.42 Å². The number of hydrogen-bond acceptors (Lipinski definition) is 2. The summed E-state index contributed by atoms with van der Waals surface area (Å²) >= 11 is 1.66. The zero-order chi connectivity index (χ0) is 10.1. The predicted molar refractivity (Wildman–Crippen MR) is 57.9 cm³/mol. The van der Waals surface area contributed by atoms with Gasteiger partial charge in [-0.1, -0.05) is 18.2 Å². The number of carbonyl (C=O) groups is 1. The molecule has 0 atom stereocenters. The molecule has 1 aromatic heterocycles. The Balaban J connectivity index is 2.58. The fourth-order valence-corrected chi connectivity index (χ4v) is 2.58. The number of fused-ring (bicyclic) bond motifs is 1. The second-order valence-electron chi connectivity index (χ2n) is 3.26. The summed E-state index contributed by atoms with van der Waals surface area (Å²) in [6.07, 6.45) is 0.108. The van der Waals surface area contributed by atoms with Crippen molar-refractivity contribution < 1.29 is 9.90 Å². The predicted octanol–water partition coefficient (Wildman–Crippen LogP) is 2.84. The number of aryl methyl sites for hydroxylation is 1. The van der Waals surface area contributed by atoms with Gasteiger partial charge in [0.1, 0.15) is 0 Å². The first-order chi connectivity index (χ1) is 6.66. The topological polar surface area (TPSA) is 37.3 Å². The number of thiophene rings is 1. The number of aliphatic carboxylic acids is 1. The average molecular weight is 206 g/mol. The van der Waals surface area contributed by atoms with Gasteiger partial charge in [-0.05, 0) is 23.9 Å². The van der Waals surface area contributed by atoms with Crippen molar-refractivity contribution in [3.8, 4) is 0 Å². The molecule has 0 unspecified atom stereocenters. The van der Waals surface area contributed by atoms with Crippen LogP contribution >= 0.6 is 11.3 Å². The lowest BCUT2D eigenvalue weighted by Gasteiger charge is -1.97. The van der Waals surface area contributed by atoms with E-state index in [9.17, 15) is 4.79 Å². The summed E-state index contributed by atoms with van der Waals surface area (Å²) in [5.41, 5.74) is 0.910. The van der Waals surface area contributed by atoms with Gasteiger partial charge in [-0.2, -0.15) is 0 Å². The van der Waals surface area contributed by atoms with E-state index in [1.165, 1.54) is 4.88 Å². The molecule has 0 saturated heterocycles. The van der Waals surface area contributed by atoms with Crippen LogP contribution in [0.25, 0.3) is 10.1 Å². The molecule has 14 heavy (non-hydrogen) atoms. The van der Waals surface area contributed by atoms with Gasteiger partial charge in [0, 0.05) is 9.58 Å². The minimum Gasteiger partial charge on any atom is -0.481 e. The van der Waals surface area contributed by atoms with Crippen LogP contribution in [0.5, 0.6) is 0 Å². The molecule has 0 radical (unpaired) electrons. The lowest BCUT2D eigenvalue weighted by molar-refractivity contribution is -0.136. The molecule has 2 rings (SSSR count). The first-order valence-corrected chi connectivity index (χ1v) is 5.18. The molecule has 72 valence electrons. The van der Waals surface area contributed by atoms with E-state index in [4.69, 9.17) is 5.11 Å². The van der Waals surface area contributed by atoms with Crippen molar-refractivity contribution in [1.82, 2.24) is 0 Å². The Hall–Kier alpha value is -1.35. The van der Waals surface area contributed by atoms with Gasteiger partial charge in [-0.3, -0.25) is 4.79 Å². The second kappa shape index (κ2) is 3.42. The highest BCUT2D eigenvalue weighted by Gasteiger charge is 2.07. The normalized spacial score (nSPS) is 10.6. The number of hydrogen-bond donors (Lipinski definition) is 1. The minimum absolute atomic E-state index is 0.108. The van der Waals surface area contributed by atoms with Crippen molar-refractivity contribution in [2.45, 2.75) is 13.3 Å². The molecular formula is C11H10O2S. The summed E-state index contributed by atoms with van der Waals surface area (Å²) in [4.78, 5) is 11.8. The number of benzene rings is 1. The van der Waals surface area contributed by atoms with Crippen LogP contribution < -0.4 is 0 Å². The Labute approximate surface area is 85.8 Å². The monoisotopic (exact) mass is 206 g/mol. The molecule has 0 amide bonds. The molecular weight excluding hydrogens is 196 g/mol. The second-order valence-corrected chi connectivity index (χ2v) is 4.52. The van der Waals surface area contributed by atoms with Crippen LogP contribution in [0.15, 0.2) is 24.3 Å². The van der Waals surface area contributed by atoms with E-state index in [0.29, 0.717) is 0 Å². The van der Waals surface area contributed by atoms with Crippen LogP contribution in [0, 0.1) is 6.92 Å². The highest BCUT2D eigenvalue weighted by molar-refractivity contribution is 7.19. The molecule has 3 heteroatoms. The lowest BCUT2D eigenvalue weighted by Crippen LogP contribution is -1.99. The molecule has 0 bridgehead atoms. The first kappa shape index (κ1) is 9.21. The van der Waals surface area contributed by atoms with Gasteiger partial charge in [-0.25, -0.2) is 0 Å². The van der Waals surface area contributed by atoms with Gasteiger partial charge in [0.25, 0.3) is 0 Å². The Bertz CT molecular complexity index is 485. The molecule has 1 N–H and O–H groups in total. The van der Waals surface area contributed by atoms with Gasteiger partial charge < -0.3 is 5.11 Å². The molecule has 1 aromatic carbocycles. The standard InChI is InChI=1S/C11H10O2S/c1-7-5-8-3-2-4-9(6-10(12)13)11(8)14-7/h2-5H,6H2,1H3,(H,12,13). The Kier molecular flexibility index (Phi) is 2.25. The zero-order valence-corrected chi connectivity index (χ0v) is 8.60. The Morgan fingerprint density at radius 1 is 1.50 bits per heavy atom. The van der Waals surface area contributed by atoms with E-state index < -0.39 is 5.97 Å². The molecule has 0 aliphatic rings. The first-order valence-electron chi connectivity index (χ1n) is 4.36. The van der Waals surface area contributed by atoms with Crippen molar-refractivity contribution in [2.24, 2.45) is 0 Å². The van der Waals surface area contributed by atoms with Gasteiger partial charge in [-0.15, -0.1) is 11.3 Å². The van der Waals surface area contributed by atoms with E-state index >= 15 is 0 Å². The highest BCUT2D eigenvalue weighted by Crippen LogP contribution is 2.28. The molecule has 0 aliphatic heterocycles. The van der Waals surface area contributed by atoms with Crippen molar-refractivity contribution in [2.75, 3.05) is 0 Å². The van der Waals surface area contributed by atoms with Crippen molar-refractivity contribution in [3.05, 3.63) is 34.7 Å². The molecule has 2 aromatic rings. The maximum absolute atomic E-state index is 10.6. The molecule has 0 spiro atoms. The minimum atomic E-state index is -0.774. The van der Waals surface area contributed by atoms with Crippen LogP contribution in [-0.4, -0.2) is 11.1 Å². The Morgan fingerprint density at radius 2 is 2.29 bits per heavy atom. The SMILES string of the molecule is Cc1cc2cccc(CC(=O)O)c2s1. The molecule has 0 aliphatic carbocycles. The van der Waals surface area contributed by atoms with Crippen LogP contribution in [0.2, 0.25) is 0 Å². The summed E-state index contributed by atoms with van der Waals surface area (Å²) in [7, 11) is 0. The third-order valence-electron chi connectivity index (χ3n) is 2.09. The maximum atomic E-state index is 10.6. The fraction of sp³-hybridized carbons (Fsp3) is 0.182. The molecule has 0 fully saturated rings. The number of rotatable bonds is 2. The third kappa shape index (κ3) is 1.63. The summed E-state index contributed by atoms with van der Waals surface area (Å²) < 4.78 is 1.10. The average Bonchev–Trinajstić information content (AvgIpc) is 2.45. The number of carboxylic acid groups (broad SMARTS) is 1. The van der Waals surface area contributed by atoms with E-state index in [2.05, 4.69) is 6.07 Å². The van der Waals surface area contributed by atoms with Gasteiger partial charge in [0.2, 0.25) is 0 Å². The maximum Gasteiger partial charge on any atom is 0.307 e. The highest BCUT2D eigenvalue weighted by atomic mass is 32.1. The zero-order valence-electron chi connectivity index (χ0n) is 7.78. The molecule has 0 saturated carbocycles. The van der Waals surface area contributed by atoms with Crippen molar-refractivity contribution >= 4 is 27.4 Å². The van der Waals surface area contributed by atoms with Gasteiger partial charge >= 0.3 is 5.97 Å². The lowest BCUT2D eigenvalue weighted by atomic mass is 10.1. The van der Waals surface area contributed by atoms with E-state index in [1.807, 2.05) is 25.1 Å². The quantitative estimate of drug-likeness (QED) is 0.820. The molecule has 1 heterocycles. The van der Waals surface area contributed by atoms with Gasteiger partial charge in [0.15, 0.2) is 0 Å². The largest absolute Gasteiger partial charge is 0.481 e. The smallest absolute Gasteiger partial charge is 0.307 e. The summed E-state index contributed by atoms with van der Waals surface area (Å²) in [5.74, 6) is -0.774. The van der Waals surface area contributed by atoms with E-state index in [1.54, 1.807) is 11.3 Å². The van der Waals surface area contributed by atoms with Crippen LogP contribution in [0.1, 0.15) is 10.4 Å². The number of carboxylic acids is 1. The fourth-order valence-electron chi connectivity index (χ4n) is 1.55. The summed E-state index contributed by atoms with van der Waals surface area (Å²) in [6.45, 7) is 2.04. The van der Waals surface area contributed by atoms with Crippen molar-refractivity contribution in [3.63, 3.8) is 0 Å².